The van der Waals surface area contributed by atoms with Gasteiger partial charge in [0.1, 0.15) is 17.9 Å². The lowest BCUT2D eigenvalue weighted by molar-refractivity contribution is -0.141. The fourth-order valence-electron chi connectivity index (χ4n) is 2.14. The minimum Gasteiger partial charge on any atom is -0.488 e. The van der Waals surface area contributed by atoms with Crippen LogP contribution >= 0.6 is 11.6 Å². The first-order valence-corrected chi connectivity index (χ1v) is 6.16. The topological polar surface area (TPSA) is 90.5 Å². The number of aliphatic hydroxyl groups excluding tert-OH is 1. The molecule has 19 heavy (non-hydrogen) atoms. The Morgan fingerprint density at radius 3 is 2.74 bits per heavy atom. The van der Waals surface area contributed by atoms with Gasteiger partial charge in [-0.15, -0.1) is 0 Å². The number of ether oxygens (including phenoxy) is 1. The van der Waals surface area contributed by atoms with Crippen LogP contribution in [-0.2, 0) is 4.79 Å². The molecule has 2 N–H and O–H groups in total. The highest BCUT2D eigenvalue weighted by Gasteiger charge is 2.38. The Balaban J connectivity index is 2.08. The van der Waals surface area contributed by atoms with Gasteiger partial charge in [-0.2, -0.15) is 5.26 Å². The number of hydrogen-bond donors (Lipinski definition) is 2. The van der Waals surface area contributed by atoms with Crippen LogP contribution in [0.25, 0.3) is 0 Å². The third-order valence-corrected chi connectivity index (χ3v) is 3.48. The molecule has 100 valence electrons. The molecule has 1 aliphatic rings. The van der Waals surface area contributed by atoms with Gasteiger partial charge in [0.25, 0.3) is 0 Å². The first-order valence-electron chi connectivity index (χ1n) is 5.78. The van der Waals surface area contributed by atoms with Crippen LogP contribution in [0, 0.1) is 17.2 Å². The Kier molecular flexibility index (Phi) is 3.93. The molecular formula is C13H12ClNO4. The molecule has 3 atom stereocenters. The van der Waals surface area contributed by atoms with E-state index in [1.165, 1.54) is 12.1 Å². The van der Waals surface area contributed by atoms with Crippen molar-refractivity contribution in [3.8, 4) is 11.8 Å². The third kappa shape index (κ3) is 2.98. The minimum absolute atomic E-state index is 0.185. The highest BCUT2D eigenvalue weighted by Crippen LogP contribution is 2.31. The van der Waals surface area contributed by atoms with Crippen molar-refractivity contribution in [1.82, 2.24) is 0 Å². The number of carbonyl (C=O) groups is 1. The Morgan fingerprint density at radius 1 is 1.47 bits per heavy atom. The second-order valence-electron chi connectivity index (χ2n) is 4.48. The number of nitriles is 1. The summed E-state index contributed by atoms with van der Waals surface area (Å²) in [7, 11) is 0. The summed E-state index contributed by atoms with van der Waals surface area (Å²) in [6, 6.07) is 6.52. The van der Waals surface area contributed by atoms with Crippen LogP contribution < -0.4 is 4.74 Å². The SMILES string of the molecule is N#Cc1ccc(OC2CC(C(=O)O)CC2O)cc1Cl. The molecule has 0 aromatic heterocycles. The van der Waals surface area contributed by atoms with E-state index in [4.69, 9.17) is 26.7 Å². The van der Waals surface area contributed by atoms with Crippen LogP contribution in [0.5, 0.6) is 5.75 Å². The van der Waals surface area contributed by atoms with E-state index in [1.807, 2.05) is 6.07 Å². The van der Waals surface area contributed by atoms with Gasteiger partial charge >= 0.3 is 5.97 Å². The number of benzene rings is 1. The van der Waals surface area contributed by atoms with E-state index in [-0.39, 0.29) is 17.9 Å². The summed E-state index contributed by atoms with van der Waals surface area (Å²) in [6.07, 6.45) is -0.932. The zero-order chi connectivity index (χ0) is 14.0. The van der Waals surface area contributed by atoms with Crippen LogP contribution in [0.3, 0.4) is 0 Å². The van der Waals surface area contributed by atoms with Gasteiger partial charge in [0.15, 0.2) is 0 Å². The second-order valence-corrected chi connectivity index (χ2v) is 4.89. The van der Waals surface area contributed by atoms with E-state index in [1.54, 1.807) is 6.07 Å². The number of hydrogen-bond acceptors (Lipinski definition) is 4. The molecule has 0 heterocycles. The third-order valence-electron chi connectivity index (χ3n) is 3.17. The average Bonchev–Trinajstić information content (AvgIpc) is 2.71. The fraction of sp³-hybridized carbons (Fsp3) is 0.385. The standard InChI is InChI=1S/C13H12ClNO4/c14-10-5-9(2-1-7(10)6-15)19-12-4-8(13(17)18)3-11(12)16/h1-2,5,8,11-12,16H,3-4H2,(H,17,18). The normalized spacial score (nSPS) is 25.8. The van der Waals surface area contributed by atoms with Crippen LogP contribution in [0.15, 0.2) is 18.2 Å². The van der Waals surface area contributed by atoms with Gasteiger partial charge in [0.2, 0.25) is 0 Å². The van der Waals surface area contributed by atoms with Gasteiger partial charge in [-0.05, 0) is 18.6 Å². The molecule has 0 saturated heterocycles. The molecule has 0 aliphatic heterocycles. The van der Waals surface area contributed by atoms with Crippen molar-refractivity contribution < 1.29 is 19.7 Å². The molecule has 1 saturated carbocycles. The van der Waals surface area contributed by atoms with E-state index < -0.39 is 24.1 Å². The van der Waals surface area contributed by atoms with E-state index in [0.717, 1.165) is 0 Å². The van der Waals surface area contributed by atoms with Gasteiger partial charge in [0, 0.05) is 12.5 Å². The highest BCUT2D eigenvalue weighted by molar-refractivity contribution is 6.31. The largest absolute Gasteiger partial charge is 0.488 e. The zero-order valence-corrected chi connectivity index (χ0v) is 10.7. The van der Waals surface area contributed by atoms with E-state index >= 15 is 0 Å². The van der Waals surface area contributed by atoms with Crippen LogP contribution in [0.2, 0.25) is 5.02 Å². The molecule has 0 radical (unpaired) electrons. The van der Waals surface area contributed by atoms with Crippen LogP contribution in [0.1, 0.15) is 18.4 Å². The van der Waals surface area contributed by atoms with Crippen LogP contribution in [0.4, 0.5) is 0 Å². The predicted octanol–water partition coefficient (Wildman–Crippen LogP) is 1.81. The molecule has 1 aromatic rings. The lowest BCUT2D eigenvalue weighted by Crippen LogP contribution is -2.25. The number of halogens is 1. The molecule has 0 spiro atoms. The van der Waals surface area contributed by atoms with Crippen LogP contribution in [-0.4, -0.2) is 28.4 Å². The van der Waals surface area contributed by atoms with Gasteiger partial charge in [-0.25, -0.2) is 0 Å². The minimum atomic E-state index is -0.928. The first kappa shape index (κ1) is 13.7. The van der Waals surface area contributed by atoms with Crippen molar-refractivity contribution in [3.63, 3.8) is 0 Å². The Morgan fingerprint density at radius 2 is 2.21 bits per heavy atom. The van der Waals surface area contributed by atoms with Gasteiger partial charge in [-0.1, -0.05) is 11.6 Å². The molecule has 5 nitrogen and oxygen atoms in total. The number of nitrogens with zero attached hydrogens (tertiary/aromatic N) is 1. The molecule has 2 rings (SSSR count). The zero-order valence-electron chi connectivity index (χ0n) is 9.91. The van der Waals surface area contributed by atoms with Crippen molar-refractivity contribution in [1.29, 1.82) is 5.26 Å². The number of aliphatic hydroxyl groups is 1. The summed E-state index contributed by atoms with van der Waals surface area (Å²) in [4.78, 5) is 10.9. The Labute approximate surface area is 115 Å². The highest BCUT2D eigenvalue weighted by atomic mass is 35.5. The maximum atomic E-state index is 10.9. The van der Waals surface area contributed by atoms with Crippen molar-refractivity contribution in [2.24, 2.45) is 5.92 Å². The van der Waals surface area contributed by atoms with Gasteiger partial charge < -0.3 is 14.9 Å². The molecule has 1 fully saturated rings. The average molecular weight is 282 g/mol. The molecule has 1 aliphatic carbocycles. The molecule has 6 heteroatoms. The number of aliphatic carboxylic acids is 1. The molecule has 3 unspecified atom stereocenters. The fourth-order valence-corrected chi connectivity index (χ4v) is 2.35. The predicted molar refractivity (Wildman–Crippen MR) is 66.9 cm³/mol. The van der Waals surface area contributed by atoms with Crippen molar-refractivity contribution >= 4 is 17.6 Å². The number of carboxylic acid groups (broad SMARTS) is 1. The number of carboxylic acids is 1. The summed E-state index contributed by atoms with van der Waals surface area (Å²) in [5.41, 5.74) is 0.337. The molecule has 0 bridgehead atoms. The summed E-state index contributed by atoms with van der Waals surface area (Å²) in [5.74, 6) is -1.10. The summed E-state index contributed by atoms with van der Waals surface area (Å²) in [6.45, 7) is 0. The van der Waals surface area contributed by atoms with Crippen molar-refractivity contribution in [2.45, 2.75) is 25.0 Å². The lowest BCUT2D eigenvalue weighted by Gasteiger charge is -2.17. The first-order chi connectivity index (χ1) is 9.01. The number of rotatable bonds is 3. The molecule has 0 amide bonds. The summed E-state index contributed by atoms with van der Waals surface area (Å²) < 4.78 is 5.54. The summed E-state index contributed by atoms with van der Waals surface area (Å²) in [5, 5.41) is 27.7. The maximum absolute atomic E-state index is 10.9. The van der Waals surface area contributed by atoms with Gasteiger partial charge in [0.05, 0.1) is 22.6 Å². The molecule has 1 aromatic carbocycles. The second kappa shape index (κ2) is 5.47. The van der Waals surface area contributed by atoms with Crippen molar-refractivity contribution in [2.75, 3.05) is 0 Å². The maximum Gasteiger partial charge on any atom is 0.306 e. The smallest absolute Gasteiger partial charge is 0.306 e. The van der Waals surface area contributed by atoms with E-state index in [2.05, 4.69) is 0 Å². The summed E-state index contributed by atoms with van der Waals surface area (Å²) >= 11 is 5.87. The van der Waals surface area contributed by atoms with Crippen molar-refractivity contribution in [3.05, 3.63) is 28.8 Å². The monoisotopic (exact) mass is 281 g/mol. The van der Waals surface area contributed by atoms with Gasteiger partial charge in [-0.3, -0.25) is 4.79 Å². The van der Waals surface area contributed by atoms with E-state index in [9.17, 15) is 9.90 Å². The Hall–Kier alpha value is -1.77. The van der Waals surface area contributed by atoms with E-state index in [0.29, 0.717) is 11.3 Å². The molecular weight excluding hydrogens is 270 g/mol. The quantitative estimate of drug-likeness (QED) is 0.882. The Bertz CT molecular complexity index is 540. The lowest BCUT2D eigenvalue weighted by atomic mass is 10.1.